The number of aliphatic hydroxyl groups is 1. The van der Waals surface area contributed by atoms with E-state index in [0.717, 1.165) is 42.8 Å². The minimum atomic E-state index is 0.243. The zero-order valence-electron chi connectivity index (χ0n) is 14.2. The van der Waals surface area contributed by atoms with E-state index in [2.05, 4.69) is 49.4 Å². The first-order valence-electron chi connectivity index (χ1n) is 8.79. The van der Waals surface area contributed by atoms with Gasteiger partial charge in [-0.3, -0.25) is 4.90 Å². The fraction of sp³-hybridized carbons (Fsp3) is 0.368. The van der Waals surface area contributed by atoms with Gasteiger partial charge in [0.25, 0.3) is 0 Å². The number of likely N-dealkylation sites (tertiary alicyclic amines) is 1. The SMILES string of the molecule is OC[C@H]1CCCN1Cc1ccccc1CNc1ncnc2[nH]ccc12. The Kier molecular flexibility index (Phi) is 4.63. The lowest BCUT2D eigenvalue weighted by Gasteiger charge is -2.24. The van der Waals surface area contributed by atoms with Crippen LogP contribution in [-0.2, 0) is 13.1 Å². The number of hydrogen-bond donors (Lipinski definition) is 3. The van der Waals surface area contributed by atoms with Gasteiger partial charge in [-0.1, -0.05) is 24.3 Å². The van der Waals surface area contributed by atoms with Crippen LogP contribution in [0.15, 0.2) is 42.9 Å². The Hall–Kier alpha value is -2.44. The lowest BCUT2D eigenvalue weighted by Crippen LogP contribution is -2.32. The summed E-state index contributed by atoms with van der Waals surface area (Å²) in [7, 11) is 0. The molecule has 0 bridgehead atoms. The molecule has 1 aromatic carbocycles. The molecule has 1 fully saturated rings. The van der Waals surface area contributed by atoms with Crippen LogP contribution in [0.1, 0.15) is 24.0 Å². The van der Waals surface area contributed by atoms with Crippen LogP contribution in [0.4, 0.5) is 5.82 Å². The Labute approximate surface area is 146 Å². The van der Waals surface area contributed by atoms with E-state index < -0.39 is 0 Å². The first-order chi connectivity index (χ1) is 12.3. The maximum atomic E-state index is 9.54. The van der Waals surface area contributed by atoms with Crippen molar-refractivity contribution in [1.82, 2.24) is 19.9 Å². The lowest BCUT2D eigenvalue weighted by atomic mass is 10.1. The minimum Gasteiger partial charge on any atom is -0.395 e. The van der Waals surface area contributed by atoms with Crippen molar-refractivity contribution in [1.29, 1.82) is 0 Å². The number of aromatic nitrogens is 3. The van der Waals surface area contributed by atoms with Crippen molar-refractivity contribution in [3.63, 3.8) is 0 Å². The van der Waals surface area contributed by atoms with Gasteiger partial charge in [-0.2, -0.15) is 0 Å². The topological polar surface area (TPSA) is 77.1 Å². The van der Waals surface area contributed by atoms with Gasteiger partial charge in [0.05, 0.1) is 12.0 Å². The molecule has 6 nitrogen and oxygen atoms in total. The van der Waals surface area contributed by atoms with E-state index in [1.807, 2.05) is 12.3 Å². The van der Waals surface area contributed by atoms with Gasteiger partial charge in [0.2, 0.25) is 0 Å². The maximum Gasteiger partial charge on any atom is 0.142 e. The number of anilines is 1. The largest absolute Gasteiger partial charge is 0.395 e. The molecule has 3 aromatic rings. The van der Waals surface area contributed by atoms with E-state index in [1.54, 1.807) is 6.33 Å². The summed E-state index contributed by atoms with van der Waals surface area (Å²) < 4.78 is 0. The first kappa shape index (κ1) is 16.1. The standard InChI is InChI=1S/C19H23N5O/c25-12-16-6-3-9-24(16)11-15-5-2-1-4-14(15)10-21-19-17-7-8-20-18(17)22-13-23-19/h1-2,4-5,7-8,13,16,25H,3,6,9-12H2,(H2,20,21,22,23)/t16-/m1/s1. The third-order valence-electron chi connectivity index (χ3n) is 5.00. The highest BCUT2D eigenvalue weighted by molar-refractivity contribution is 5.86. The van der Waals surface area contributed by atoms with Crippen LogP contribution in [0, 0.1) is 0 Å². The van der Waals surface area contributed by atoms with Gasteiger partial charge in [0, 0.05) is 25.3 Å². The molecular formula is C19H23N5O. The van der Waals surface area contributed by atoms with E-state index in [9.17, 15) is 5.11 Å². The zero-order valence-corrected chi connectivity index (χ0v) is 14.2. The summed E-state index contributed by atoms with van der Waals surface area (Å²) in [5.74, 6) is 0.843. The third-order valence-corrected chi connectivity index (χ3v) is 5.00. The van der Waals surface area contributed by atoms with Crippen LogP contribution in [0.3, 0.4) is 0 Å². The molecule has 25 heavy (non-hydrogen) atoms. The second kappa shape index (κ2) is 7.21. The number of hydrogen-bond acceptors (Lipinski definition) is 5. The molecule has 3 heterocycles. The molecule has 1 atom stereocenters. The lowest BCUT2D eigenvalue weighted by molar-refractivity contribution is 0.153. The van der Waals surface area contributed by atoms with Crippen LogP contribution in [-0.4, -0.2) is 44.2 Å². The summed E-state index contributed by atoms with van der Waals surface area (Å²) in [5.41, 5.74) is 3.40. The van der Waals surface area contributed by atoms with E-state index in [1.165, 1.54) is 11.1 Å². The number of aliphatic hydroxyl groups excluding tert-OH is 1. The van der Waals surface area contributed by atoms with Crippen molar-refractivity contribution in [2.24, 2.45) is 0 Å². The van der Waals surface area contributed by atoms with Crippen LogP contribution < -0.4 is 5.32 Å². The summed E-state index contributed by atoms with van der Waals surface area (Å²) >= 11 is 0. The molecule has 0 aliphatic carbocycles. The van der Waals surface area contributed by atoms with Crippen LogP contribution in [0.5, 0.6) is 0 Å². The van der Waals surface area contributed by atoms with E-state index in [-0.39, 0.29) is 6.61 Å². The third kappa shape index (κ3) is 3.36. The summed E-state index contributed by atoms with van der Waals surface area (Å²) in [6, 6.07) is 10.8. The first-order valence-corrected chi connectivity index (χ1v) is 8.79. The molecule has 4 rings (SSSR count). The molecule has 6 heteroatoms. The number of nitrogens with one attached hydrogen (secondary N) is 2. The Balaban J connectivity index is 1.50. The zero-order chi connectivity index (χ0) is 17.1. The Morgan fingerprint density at radius 1 is 1.20 bits per heavy atom. The van der Waals surface area contributed by atoms with Gasteiger partial charge in [0.15, 0.2) is 0 Å². The average molecular weight is 337 g/mol. The normalized spacial score (nSPS) is 18.0. The number of fused-ring (bicyclic) bond motifs is 1. The highest BCUT2D eigenvalue weighted by atomic mass is 16.3. The molecule has 0 radical (unpaired) electrons. The average Bonchev–Trinajstić information content (AvgIpc) is 3.30. The molecular weight excluding hydrogens is 314 g/mol. The molecule has 1 aliphatic rings. The van der Waals surface area contributed by atoms with Crippen molar-refractivity contribution < 1.29 is 5.11 Å². The predicted octanol–water partition coefficient (Wildman–Crippen LogP) is 2.53. The maximum absolute atomic E-state index is 9.54. The number of benzene rings is 1. The van der Waals surface area contributed by atoms with Crippen molar-refractivity contribution in [3.8, 4) is 0 Å². The minimum absolute atomic E-state index is 0.243. The number of H-pyrrole nitrogens is 1. The van der Waals surface area contributed by atoms with Crippen LogP contribution in [0.25, 0.3) is 11.0 Å². The molecule has 3 N–H and O–H groups in total. The van der Waals surface area contributed by atoms with Crippen molar-refractivity contribution in [2.45, 2.75) is 32.0 Å². The van der Waals surface area contributed by atoms with Gasteiger partial charge in [-0.05, 0) is 36.6 Å². The summed E-state index contributed by atoms with van der Waals surface area (Å²) in [6.07, 6.45) is 5.70. The Bertz CT molecular complexity index is 846. The number of rotatable bonds is 6. The van der Waals surface area contributed by atoms with Crippen molar-refractivity contribution >= 4 is 16.9 Å². The Morgan fingerprint density at radius 3 is 2.96 bits per heavy atom. The highest BCUT2D eigenvalue weighted by Crippen LogP contribution is 2.23. The summed E-state index contributed by atoms with van der Waals surface area (Å²) in [6.45, 7) is 2.90. The van der Waals surface area contributed by atoms with Crippen LogP contribution >= 0.6 is 0 Å². The van der Waals surface area contributed by atoms with Gasteiger partial charge < -0.3 is 15.4 Å². The van der Waals surface area contributed by atoms with Gasteiger partial charge in [-0.15, -0.1) is 0 Å². The molecule has 130 valence electrons. The van der Waals surface area contributed by atoms with Gasteiger partial charge >= 0.3 is 0 Å². The van der Waals surface area contributed by atoms with Gasteiger partial charge in [-0.25, -0.2) is 9.97 Å². The summed E-state index contributed by atoms with van der Waals surface area (Å²) in [5, 5.41) is 14.0. The monoisotopic (exact) mass is 337 g/mol. The predicted molar refractivity (Wildman–Crippen MR) is 98.2 cm³/mol. The number of aromatic amines is 1. The van der Waals surface area contributed by atoms with Crippen LogP contribution in [0.2, 0.25) is 0 Å². The second-order valence-electron chi connectivity index (χ2n) is 6.53. The van der Waals surface area contributed by atoms with Crippen molar-refractivity contribution in [2.75, 3.05) is 18.5 Å². The second-order valence-corrected chi connectivity index (χ2v) is 6.53. The smallest absolute Gasteiger partial charge is 0.142 e. The van der Waals surface area contributed by atoms with E-state index >= 15 is 0 Å². The quantitative estimate of drug-likeness (QED) is 0.644. The molecule has 0 spiro atoms. The molecule has 2 aromatic heterocycles. The number of nitrogens with zero attached hydrogens (tertiary/aromatic N) is 3. The Morgan fingerprint density at radius 2 is 2.08 bits per heavy atom. The fourth-order valence-electron chi connectivity index (χ4n) is 3.61. The molecule has 1 aliphatic heterocycles. The molecule has 0 amide bonds. The summed E-state index contributed by atoms with van der Waals surface area (Å²) in [4.78, 5) is 14.1. The molecule has 1 saturated heterocycles. The van der Waals surface area contributed by atoms with E-state index in [0.29, 0.717) is 12.6 Å². The van der Waals surface area contributed by atoms with Gasteiger partial charge in [0.1, 0.15) is 17.8 Å². The molecule has 0 saturated carbocycles. The van der Waals surface area contributed by atoms with E-state index in [4.69, 9.17) is 0 Å². The van der Waals surface area contributed by atoms with Crippen molar-refractivity contribution in [3.05, 3.63) is 54.0 Å². The fourth-order valence-corrected chi connectivity index (χ4v) is 3.61. The highest BCUT2D eigenvalue weighted by Gasteiger charge is 2.24. The molecule has 0 unspecified atom stereocenters.